The molecule has 0 N–H and O–H groups in total. The Labute approximate surface area is 146 Å². The van der Waals surface area contributed by atoms with E-state index in [-0.39, 0.29) is 12.0 Å². The molecular weight excluding hydrogens is 327 g/mol. The minimum Gasteiger partial charge on any atom is -0.369 e. The molecule has 3 aliphatic heterocycles. The molecule has 0 saturated carbocycles. The molecule has 8 heteroatoms. The van der Waals surface area contributed by atoms with Crippen LogP contribution in [-0.2, 0) is 14.3 Å². The van der Waals surface area contributed by atoms with E-state index in [0.29, 0.717) is 38.8 Å². The topological polar surface area (TPSA) is 67.8 Å². The van der Waals surface area contributed by atoms with Crippen LogP contribution in [-0.4, -0.2) is 71.9 Å². The fourth-order valence-electron chi connectivity index (χ4n) is 3.99. The van der Waals surface area contributed by atoms with Crippen LogP contribution in [0.5, 0.6) is 0 Å². The predicted molar refractivity (Wildman–Crippen MR) is 87.7 cm³/mol. The summed E-state index contributed by atoms with van der Waals surface area (Å²) < 4.78 is 24.7. The molecule has 3 saturated heterocycles. The average molecular weight is 350 g/mol. The molecule has 3 fully saturated rings. The Morgan fingerprint density at radius 3 is 2.80 bits per heavy atom. The zero-order valence-electron chi connectivity index (χ0n) is 14.2. The van der Waals surface area contributed by atoms with Gasteiger partial charge in [-0.15, -0.1) is 0 Å². The molecule has 1 amide bonds. The smallest absolute Gasteiger partial charge is 0.251 e. The number of hydrogen-bond donors (Lipinski definition) is 0. The number of carbonyl (C=O) groups is 1. The molecule has 0 aliphatic carbocycles. The second-order valence-electron chi connectivity index (χ2n) is 7.02. The summed E-state index contributed by atoms with van der Waals surface area (Å²) in [6.07, 6.45) is 5.62. The maximum atomic E-state index is 13.1. The number of ether oxygens (including phenoxy) is 2. The Hall–Kier alpha value is -1.80. The molecule has 1 aromatic heterocycles. The van der Waals surface area contributed by atoms with Crippen LogP contribution < -0.4 is 4.90 Å². The maximum absolute atomic E-state index is 13.1. The summed E-state index contributed by atoms with van der Waals surface area (Å²) in [5.41, 5.74) is -0.414. The van der Waals surface area contributed by atoms with E-state index in [9.17, 15) is 9.18 Å². The molecule has 1 aromatic rings. The molecule has 3 aliphatic rings. The van der Waals surface area contributed by atoms with Gasteiger partial charge in [0.05, 0.1) is 32.1 Å². The van der Waals surface area contributed by atoms with Crippen LogP contribution in [0.3, 0.4) is 0 Å². The summed E-state index contributed by atoms with van der Waals surface area (Å²) in [5, 5.41) is 0. The molecule has 136 valence electrons. The number of rotatable bonds is 2. The molecule has 4 heterocycles. The highest BCUT2D eigenvalue weighted by atomic mass is 19.1. The Bertz CT molecular complexity index is 619. The summed E-state index contributed by atoms with van der Waals surface area (Å²) in [7, 11) is 0. The Balaban J connectivity index is 1.46. The third kappa shape index (κ3) is 3.46. The van der Waals surface area contributed by atoms with Crippen molar-refractivity contribution in [3.05, 3.63) is 18.2 Å². The molecule has 1 spiro atoms. The van der Waals surface area contributed by atoms with E-state index in [1.54, 1.807) is 0 Å². The van der Waals surface area contributed by atoms with E-state index in [1.165, 1.54) is 12.4 Å². The first kappa shape index (κ1) is 16.7. The third-order valence-corrected chi connectivity index (χ3v) is 5.19. The average Bonchev–Trinajstić information content (AvgIpc) is 3.16. The normalized spacial score (nSPS) is 30.0. The van der Waals surface area contributed by atoms with Gasteiger partial charge in [-0.2, -0.15) is 0 Å². The number of piperidine rings is 1. The molecular formula is C17H23FN4O3. The molecule has 0 aromatic carbocycles. The van der Waals surface area contributed by atoms with E-state index in [1.807, 2.05) is 9.80 Å². The van der Waals surface area contributed by atoms with Crippen molar-refractivity contribution < 1.29 is 18.7 Å². The minimum atomic E-state index is -0.447. The van der Waals surface area contributed by atoms with Gasteiger partial charge in [0.1, 0.15) is 11.7 Å². The number of anilines is 1. The van der Waals surface area contributed by atoms with Crippen molar-refractivity contribution in [2.75, 3.05) is 44.3 Å². The van der Waals surface area contributed by atoms with Crippen LogP contribution in [0.15, 0.2) is 12.4 Å². The van der Waals surface area contributed by atoms with Gasteiger partial charge < -0.3 is 19.3 Å². The van der Waals surface area contributed by atoms with Gasteiger partial charge in [0, 0.05) is 19.7 Å². The summed E-state index contributed by atoms with van der Waals surface area (Å²) >= 11 is 0. The minimum absolute atomic E-state index is 0.0790. The van der Waals surface area contributed by atoms with Gasteiger partial charge in [-0.1, -0.05) is 0 Å². The van der Waals surface area contributed by atoms with Crippen molar-refractivity contribution in [2.45, 2.75) is 37.4 Å². The fourth-order valence-corrected chi connectivity index (χ4v) is 3.99. The molecule has 0 bridgehead atoms. The lowest BCUT2D eigenvalue weighted by Gasteiger charge is -2.48. The van der Waals surface area contributed by atoms with E-state index in [2.05, 4.69) is 9.97 Å². The van der Waals surface area contributed by atoms with Gasteiger partial charge in [-0.25, -0.2) is 14.4 Å². The van der Waals surface area contributed by atoms with Crippen LogP contribution in [0, 0.1) is 5.82 Å². The van der Waals surface area contributed by atoms with Gasteiger partial charge in [-0.3, -0.25) is 4.79 Å². The van der Waals surface area contributed by atoms with Gasteiger partial charge in [-0.05, 0) is 25.7 Å². The van der Waals surface area contributed by atoms with Crippen LogP contribution in [0.1, 0.15) is 25.7 Å². The zero-order valence-corrected chi connectivity index (χ0v) is 14.2. The lowest BCUT2D eigenvalue weighted by molar-refractivity contribution is -0.160. The third-order valence-electron chi connectivity index (χ3n) is 5.19. The second kappa shape index (κ2) is 6.84. The van der Waals surface area contributed by atoms with Gasteiger partial charge in [0.2, 0.25) is 5.95 Å². The maximum Gasteiger partial charge on any atom is 0.251 e. The Kier molecular flexibility index (Phi) is 4.56. The highest BCUT2D eigenvalue weighted by molar-refractivity contribution is 5.81. The monoisotopic (exact) mass is 350 g/mol. The van der Waals surface area contributed by atoms with E-state index in [0.717, 1.165) is 32.2 Å². The highest BCUT2D eigenvalue weighted by Crippen LogP contribution is 2.31. The lowest BCUT2D eigenvalue weighted by Crippen LogP contribution is -2.62. The second-order valence-corrected chi connectivity index (χ2v) is 7.02. The van der Waals surface area contributed by atoms with Crippen LogP contribution in [0.4, 0.5) is 10.3 Å². The number of morpholine rings is 1. The van der Waals surface area contributed by atoms with Gasteiger partial charge in [0.15, 0.2) is 5.82 Å². The first-order valence-electron chi connectivity index (χ1n) is 8.92. The molecule has 2 atom stereocenters. The summed E-state index contributed by atoms with van der Waals surface area (Å²) in [5.74, 6) is 0.139. The quantitative estimate of drug-likeness (QED) is 0.793. The van der Waals surface area contributed by atoms with Crippen molar-refractivity contribution in [1.29, 1.82) is 0 Å². The van der Waals surface area contributed by atoms with Gasteiger partial charge >= 0.3 is 0 Å². The zero-order chi connectivity index (χ0) is 17.3. The van der Waals surface area contributed by atoms with E-state index in [4.69, 9.17) is 9.47 Å². The first-order valence-corrected chi connectivity index (χ1v) is 8.92. The fraction of sp³-hybridized carbons (Fsp3) is 0.706. The molecule has 0 radical (unpaired) electrons. The number of aromatic nitrogens is 2. The largest absolute Gasteiger partial charge is 0.369 e. The summed E-state index contributed by atoms with van der Waals surface area (Å²) in [6, 6.07) is 0. The number of carbonyl (C=O) groups excluding carboxylic acids is 1. The standard InChI is InChI=1S/C17H23FN4O3/c18-13-9-19-16(20-10-13)22-5-2-4-17(12-22)11-21(6-8-25-17)15(23)14-3-1-7-24-14/h9-10,14H,1-8,11-12H2/t14-,17-/m1/s1. The Morgan fingerprint density at radius 1 is 1.20 bits per heavy atom. The van der Waals surface area contributed by atoms with E-state index >= 15 is 0 Å². The van der Waals surface area contributed by atoms with Crippen molar-refractivity contribution in [1.82, 2.24) is 14.9 Å². The lowest BCUT2D eigenvalue weighted by atomic mass is 9.90. The summed E-state index contributed by atoms with van der Waals surface area (Å²) in [4.78, 5) is 24.7. The number of nitrogens with zero attached hydrogens (tertiary/aromatic N) is 4. The predicted octanol–water partition coefficient (Wildman–Crippen LogP) is 0.992. The van der Waals surface area contributed by atoms with Crippen LogP contribution in [0.25, 0.3) is 0 Å². The molecule has 0 unspecified atom stereocenters. The van der Waals surface area contributed by atoms with Crippen molar-refractivity contribution >= 4 is 11.9 Å². The van der Waals surface area contributed by atoms with E-state index < -0.39 is 11.4 Å². The van der Waals surface area contributed by atoms with Crippen LogP contribution >= 0.6 is 0 Å². The summed E-state index contributed by atoms with van der Waals surface area (Å²) in [6.45, 7) is 3.76. The van der Waals surface area contributed by atoms with Crippen molar-refractivity contribution in [2.24, 2.45) is 0 Å². The SMILES string of the molecule is O=C([C@H]1CCCO1)N1CCO[C@]2(CCCN(c3ncc(F)cn3)C2)C1. The first-order chi connectivity index (χ1) is 12.2. The van der Waals surface area contributed by atoms with Crippen molar-refractivity contribution in [3.8, 4) is 0 Å². The number of halogens is 1. The van der Waals surface area contributed by atoms with Crippen molar-refractivity contribution in [3.63, 3.8) is 0 Å². The number of amides is 1. The van der Waals surface area contributed by atoms with Gasteiger partial charge in [0.25, 0.3) is 5.91 Å². The Morgan fingerprint density at radius 2 is 2.04 bits per heavy atom. The molecule has 25 heavy (non-hydrogen) atoms. The molecule has 4 rings (SSSR count). The molecule has 7 nitrogen and oxygen atoms in total. The highest BCUT2D eigenvalue weighted by Gasteiger charge is 2.43. The number of hydrogen-bond acceptors (Lipinski definition) is 6. The van der Waals surface area contributed by atoms with Crippen LogP contribution in [0.2, 0.25) is 0 Å².